The SMILES string of the molecule is [2H]C([2H])([2H])Nc1cc(Cl)c(F)cc1F. The summed E-state index contributed by atoms with van der Waals surface area (Å²) in [5.74, 6) is -1.93. The zero-order valence-corrected chi connectivity index (χ0v) is 6.04. The highest BCUT2D eigenvalue weighted by Gasteiger charge is 2.05. The van der Waals surface area contributed by atoms with Crippen LogP contribution in [0.1, 0.15) is 4.11 Å². The highest BCUT2D eigenvalue weighted by atomic mass is 35.5. The molecule has 1 nitrogen and oxygen atoms in total. The van der Waals surface area contributed by atoms with Crippen molar-refractivity contribution < 1.29 is 12.9 Å². The molecule has 4 heteroatoms. The third kappa shape index (κ3) is 1.60. The van der Waals surface area contributed by atoms with Crippen molar-refractivity contribution >= 4 is 17.3 Å². The van der Waals surface area contributed by atoms with E-state index in [1.165, 1.54) is 0 Å². The Hall–Kier alpha value is -0.830. The first-order valence-electron chi connectivity index (χ1n) is 4.22. The minimum Gasteiger partial charge on any atom is -0.386 e. The second kappa shape index (κ2) is 3.05. The number of rotatable bonds is 1. The highest BCUT2D eigenvalue weighted by Crippen LogP contribution is 2.22. The molecular weight excluding hydrogens is 172 g/mol. The fraction of sp³-hybridized carbons (Fsp3) is 0.143. The Morgan fingerprint density at radius 3 is 2.82 bits per heavy atom. The maximum absolute atomic E-state index is 12.9. The largest absolute Gasteiger partial charge is 0.386 e. The van der Waals surface area contributed by atoms with E-state index < -0.39 is 18.6 Å². The van der Waals surface area contributed by atoms with E-state index in [0.29, 0.717) is 6.07 Å². The molecule has 0 aliphatic carbocycles. The second-order valence-electron chi connectivity index (χ2n) is 1.87. The molecule has 0 atom stereocenters. The van der Waals surface area contributed by atoms with Gasteiger partial charge in [-0.3, -0.25) is 0 Å². The van der Waals surface area contributed by atoms with Crippen molar-refractivity contribution in [1.82, 2.24) is 0 Å². The summed E-state index contributed by atoms with van der Waals surface area (Å²) in [4.78, 5) is 0. The third-order valence-corrected chi connectivity index (χ3v) is 1.43. The fourth-order valence-corrected chi connectivity index (χ4v) is 0.782. The monoisotopic (exact) mass is 180 g/mol. The van der Waals surface area contributed by atoms with Gasteiger partial charge in [-0.05, 0) is 6.07 Å². The molecule has 0 heterocycles. The molecule has 1 N–H and O–H groups in total. The summed E-state index contributed by atoms with van der Waals surface area (Å²) in [6, 6.07) is 1.41. The summed E-state index contributed by atoms with van der Waals surface area (Å²) in [5, 5.41) is 1.56. The second-order valence-corrected chi connectivity index (χ2v) is 2.28. The van der Waals surface area contributed by atoms with Crippen molar-refractivity contribution in [2.45, 2.75) is 0 Å². The van der Waals surface area contributed by atoms with Crippen molar-refractivity contribution in [1.29, 1.82) is 0 Å². The minimum atomic E-state index is -2.54. The van der Waals surface area contributed by atoms with Crippen molar-refractivity contribution in [3.8, 4) is 0 Å². The highest BCUT2D eigenvalue weighted by molar-refractivity contribution is 6.31. The lowest BCUT2D eigenvalue weighted by atomic mass is 10.3. The summed E-state index contributed by atoms with van der Waals surface area (Å²) in [5.41, 5.74) is -0.351. The first kappa shape index (κ1) is 4.93. The van der Waals surface area contributed by atoms with Crippen LogP contribution < -0.4 is 5.32 Å². The summed E-state index contributed by atoms with van der Waals surface area (Å²) in [7, 11) is 0. The van der Waals surface area contributed by atoms with E-state index in [2.05, 4.69) is 0 Å². The molecule has 1 aromatic rings. The molecule has 0 aromatic heterocycles. The molecule has 0 saturated heterocycles. The zero-order valence-electron chi connectivity index (χ0n) is 8.29. The van der Waals surface area contributed by atoms with Gasteiger partial charge in [0.25, 0.3) is 0 Å². The molecule has 0 unspecified atom stereocenters. The molecule has 0 saturated carbocycles. The van der Waals surface area contributed by atoms with Crippen molar-refractivity contribution in [2.75, 3.05) is 12.3 Å². The van der Waals surface area contributed by atoms with Gasteiger partial charge in [0.05, 0.1) is 10.7 Å². The average Bonchev–Trinajstić information content (AvgIpc) is 1.97. The summed E-state index contributed by atoms with van der Waals surface area (Å²) < 4.78 is 46.0. The van der Waals surface area contributed by atoms with Crippen LogP contribution >= 0.6 is 11.6 Å². The van der Waals surface area contributed by atoms with E-state index >= 15 is 0 Å². The Bertz CT molecular complexity index is 354. The first-order chi connectivity index (χ1) is 6.29. The number of anilines is 1. The molecule has 0 spiro atoms. The molecule has 0 aliphatic heterocycles. The Labute approximate surface area is 72.2 Å². The van der Waals surface area contributed by atoms with E-state index in [1.54, 1.807) is 0 Å². The molecule has 11 heavy (non-hydrogen) atoms. The van der Waals surface area contributed by atoms with Crippen LogP contribution in [-0.2, 0) is 0 Å². The van der Waals surface area contributed by atoms with Crippen LogP contribution in [0.3, 0.4) is 0 Å². The molecule has 0 bridgehead atoms. The van der Waals surface area contributed by atoms with Gasteiger partial charge in [-0.2, -0.15) is 0 Å². The van der Waals surface area contributed by atoms with E-state index in [1.807, 2.05) is 5.32 Å². The predicted octanol–water partition coefficient (Wildman–Crippen LogP) is 2.66. The van der Waals surface area contributed by atoms with Gasteiger partial charge in [0.15, 0.2) is 0 Å². The fourth-order valence-electron chi connectivity index (χ4n) is 0.618. The Morgan fingerprint density at radius 2 is 2.18 bits per heavy atom. The smallest absolute Gasteiger partial charge is 0.149 e. The average molecular weight is 181 g/mol. The van der Waals surface area contributed by atoms with Crippen LogP contribution in [0.5, 0.6) is 0 Å². The topological polar surface area (TPSA) is 12.0 Å². The van der Waals surface area contributed by atoms with Gasteiger partial charge < -0.3 is 5.32 Å². The van der Waals surface area contributed by atoms with Crippen LogP contribution in [-0.4, -0.2) is 6.98 Å². The van der Waals surface area contributed by atoms with E-state index in [0.717, 1.165) is 6.07 Å². The molecule has 0 fully saturated rings. The maximum Gasteiger partial charge on any atom is 0.149 e. The van der Waals surface area contributed by atoms with Gasteiger partial charge in [-0.25, -0.2) is 8.78 Å². The zero-order chi connectivity index (χ0) is 10.9. The van der Waals surface area contributed by atoms with E-state index in [9.17, 15) is 8.78 Å². The lowest BCUT2D eigenvalue weighted by Crippen LogP contribution is -1.93. The lowest BCUT2D eigenvalue weighted by molar-refractivity contribution is 0.586. The van der Waals surface area contributed by atoms with Crippen molar-refractivity contribution in [3.63, 3.8) is 0 Å². The molecule has 1 rings (SSSR count). The van der Waals surface area contributed by atoms with Gasteiger partial charge in [-0.15, -0.1) is 0 Å². The van der Waals surface area contributed by atoms with Crippen LogP contribution in [0.2, 0.25) is 5.02 Å². The number of hydrogen-bond donors (Lipinski definition) is 1. The van der Waals surface area contributed by atoms with Gasteiger partial charge in [0.2, 0.25) is 0 Å². The number of benzene rings is 1. The number of nitrogens with one attached hydrogen (secondary N) is 1. The Morgan fingerprint density at radius 1 is 1.45 bits per heavy atom. The third-order valence-electron chi connectivity index (χ3n) is 1.14. The summed E-state index contributed by atoms with van der Waals surface area (Å²) in [6.45, 7) is -2.54. The van der Waals surface area contributed by atoms with Crippen molar-refractivity contribution in [2.24, 2.45) is 0 Å². The predicted molar refractivity (Wildman–Crippen MR) is 40.9 cm³/mol. The van der Waals surface area contributed by atoms with Crippen LogP contribution in [0.15, 0.2) is 12.1 Å². The number of halogens is 3. The molecule has 0 radical (unpaired) electrons. The summed E-state index contributed by atoms with van der Waals surface area (Å²) >= 11 is 5.35. The minimum absolute atomic E-state index is 0.335. The molecule has 60 valence electrons. The number of hydrogen-bond acceptors (Lipinski definition) is 1. The van der Waals surface area contributed by atoms with Gasteiger partial charge >= 0.3 is 0 Å². The van der Waals surface area contributed by atoms with E-state index in [-0.39, 0.29) is 10.7 Å². The quantitative estimate of drug-likeness (QED) is 0.656. The summed E-state index contributed by atoms with van der Waals surface area (Å²) in [6.07, 6.45) is 0. The van der Waals surface area contributed by atoms with Crippen molar-refractivity contribution in [3.05, 3.63) is 28.8 Å². The van der Waals surface area contributed by atoms with Gasteiger partial charge in [0.1, 0.15) is 11.6 Å². The Balaban J connectivity index is 3.04. The molecule has 0 aliphatic rings. The molecule has 1 aromatic carbocycles. The Kier molecular flexibility index (Phi) is 1.37. The van der Waals surface area contributed by atoms with Crippen LogP contribution in [0.4, 0.5) is 14.5 Å². The normalized spacial score (nSPS) is 15.0. The van der Waals surface area contributed by atoms with Crippen LogP contribution in [0, 0.1) is 11.6 Å². The standard InChI is InChI=1S/C7H6ClF2N/c1-11-7-2-4(8)5(9)3-6(7)10/h2-3,11H,1H3/i1D3. The van der Waals surface area contributed by atoms with Gasteiger partial charge in [-0.1, -0.05) is 11.6 Å². The lowest BCUT2D eigenvalue weighted by Gasteiger charge is -2.02. The van der Waals surface area contributed by atoms with E-state index in [4.69, 9.17) is 15.7 Å². The van der Waals surface area contributed by atoms with Gasteiger partial charge in [0, 0.05) is 17.2 Å². The maximum atomic E-state index is 12.9. The molecule has 0 amide bonds. The molecular formula is C7H6ClF2N. The first-order valence-corrected chi connectivity index (χ1v) is 3.10. The van der Waals surface area contributed by atoms with Crippen LogP contribution in [0.25, 0.3) is 0 Å².